The van der Waals surface area contributed by atoms with Crippen LogP contribution in [0.2, 0.25) is 0 Å². The van der Waals surface area contributed by atoms with Crippen molar-refractivity contribution in [3.8, 4) is 0 Å². The van der Waals surface area contributed by atoms with Crippen LogP contribution in [0.3, 0.4) is 0 Å². The average Bonchev–Trinajstić information content (AvgIpc) is 2.70. The fourth-order valence-corrected chi connectivity index (χ4v) is 3.60. The Bertz CT molecular complexity index is 723. The van der Waals surface area contributed by atoms with Crippen molar-refractivity contribution in [3.05, 3.63) is 65.7 Å². The predicted molar refractivity (Wildman–Crippen MR) is 112 cm³/mol. The number of hydrogen-bond donors (Lipinski definition) is 1. The summed E-state index contributed by atoms with van der Waals surface area (Å²) in [6.45, 7) is 9.73. The second-order valence-electron chi connectivity index (χ2n) is 7.48. The Labute approximate surface area is 163 Å². The molecule has 2 aromatic carbocycles. The number of piperazine rings is 1. The first-order valence-corrected chi connectivity index (χ1v) is 10.0. The number of amides is 1. The lowest BCUT2D eigenvalue weighted by Gasteiger charge is -2.34. The van der Waals surface area contributed by atoms with E-state index in [1.54, 1.807) is 0 Å². The lowest BCUT2D eigenvalue weighted by Crippen LogP contribution is -2.48. The molecule has 0 saturated carbocycles. The molecule has 0 bridgehead atoms. The highest BCUT2D eigenvalue weighted by atomic mass is 16.2. The summed E-state index contributed by atoms with van der Waals surface area (Å²) < 4.78 is 0. The number of nitrogens with one attached hydrogen (secondary N) is 1. The molecule has 1 saturated heterocycles. The van der Waals surface area contributed by atoms with Gasteiger partial charge >= 0.3 is 0 Å². The maximum atomic E-state index is 12.5. The molecule has 0 aromatic heterocycles. The molecule has 0 radical (unpaired) electrons. The number of carbonyl (C=O) groups is 1. The van der Waals surface area contributed by atoms with Crippen LogP contribution < -0.4 is 5.32 Å². The summed E-state index contributed by atoms with van der Waals surface area (Å²) in [5.41, 5.74) is 3.53. The van der Waals surface area contributed by atoms with Crippen LogP contribution in [0.25, 0.3) is 0 Å². The van der Waals surface area contributed by atoms with Crippen LogP contribution in [0.1, 0.15) is 37.3 Å². The van der Waals surface area contributed by atoms with E-state index in [2.05, 4.69) is 65.4 Å². The number of anilines is 1. The normalized spacial score (nSPS) is 16.8. The second kappa shape index (κ2) is 9.67. The molecule has 4 nitrogen and oxygen atoms in total. The third-order valence-corrected chi connectivity index (χ3v) is 5.46. The molecular formula is C23H31N3O. The first-order chi connectivity index (χ1) is 13.2. The molecule has 0 aliphatic carbocycles. The number of hydrogen-bond acceptors (Lipinski definition) is 3. The topological polar surface area (TPSA) is 35.6 Å². The fraction of sp³-hybridized carbons (Fsp3) is 0.435. The summed E-state index contributed by atoms with van der Waals surface area (Å²) in [5.74, 6) is 0.533. The molecule has 144 valence electrons. The molecule has 1 N–H and O–H groups in total. The Kier molecular flexibility index (Phi) is 7.02. The van der Waals surface area contributed by atoms with Crippen LogP contribution in [-0.2, 0) is 11.3 Å². The number of para-hydroxylation sites is 1. The molecule has 1 atom stereocenters. The van der Waals surface area contributed by atoms with E-state index in [0.717, 1.165) is 44.8 Å². The highest BCUT2D eigenvalue weighted by Gasteiger charge is 2.19. The number of carbonyl (C=O) groups excluding carboxylic acids is 1. The van der Waals surface area contributed by atoms with E-state index >= 15 is 0 Å². The van der Waals surface area contributed by atoms with Gasteiger partial charge in [-0.25, -0.2) is 0 Å². The monoisotopic (exact) mass is 365 g/mol. The van der Waals surface area contributed by atoms with Crippen molar-refractivity contribution in [2.75, 3.05) is 38.0 Å². The van der Waals surface area contributed by atoms with Crippen LogP contribution in [0, 0.1) is 0 Å². The Morgan fingerprint density at radius 1 is 0.963 bits per heavy atom. The summed E-state index contributed by atoms with van der Waals surface area (Å²) >= 11 is 0. The third kappa shape index (κ3) is 5.65. The van der Waals surface area contributed by atoms with Gasteiger partial charge in [-0.05, 0) is 29.5 Å². The average molecular weight is 366 g/mol. The minimum absolute atomic E-state index is 0.0854. The summed E-state index contributed by atoms with van der Waals surface area (Å²) in [5, 5.41) is 3.13. The molecule has 3 rings (SSSR count). The van der Waals surface area contributed by atoms with Gasteiger partial charge in [0, 0.05) is 38.4 Å². The zero-order valence-electron chi connectivity index (χ0n) is 16.5. The van der Waals surface area contributed by atoms with Crippen LogP contribution in [0.15, 0.2) is 54.6 Å². The second-order valence-corrected chi connectivity index (χ2v) is 7.48. The van der Waals surface area contributed by atoms with Gasteiger partial charge in [-0.1, -0.05) is 62.4 Å². The minimum Gasteiger partial charge on any atom is -0.325 e. The Hall–Kier alpha value is -2.17. The smallest absolute Gasteiger partial charge is 0.238 e. The van der Waals surface area contributed by atoms with Gasteiger partial charge in [0.25, 0.3) is 0 Å². The van der Waals surface area contributed by atoms with E-state index in [1.807, 2.05) is 18.2 Å². The van der Waals surface area contributed by atoms with E-state index < -0.39 is 0 Å². The molecule has 1 heterocycles. The van der Waals surface area contributed by atoms with E-state index in [0.29, 0.717) is 12.5 Å². The van der Waals surface area contributed by atoms with Gasteiger partial charge in [0.2, 0.25) is 5.91 Å². The highest BCUT2D eigenvalue weighted by molar-refractivity contribution is 5.93. The summed E-state index contributed by atoms with van der Waals surface area (Å²) in [6, 6.07) is 18.7. The highest BCUT2D eigenvalue weighted by Crippen LogP contribution is 2.26. The van der Waals surface area contributed by atoms with Gasteiger partial charge in [0.15, 0.2) is 0 Å². The van der Waals surface area contributed by atoms with E-state index in [-0.39, 0.29) is 5.91 Å². The SMILES string of the molecule is CC[C@@H](C)c1ccccc1NC(=O)CN1CCN(Cc2ccccc2)CC1. The molecular weight excluding hydrogens is 334 g/mol. The lowest BCUT2D eigenvalue weighted by atomic mass is 9.97. The summed E-state index contributed by atoms with van der Waals surface area (Å²) in [7, 11) is 0. The van der Waals surface area contributed by atoms with Gasteiger partial charge in [-0.2, -0.15) is 0 Å². The van der Waals surface area contributed by atoms with E-state index in [9.17, 15) is 4.79 Å². The maximum Gasteiger partial charge on any atom is 0.238 e. The molecule has 27 heavy (non-hydrogen) atoms. The number of benzene rings is 2. The van der Waals surface area contributed by atoms with Crippen molar-refractivity contribution in [2.24, 2.45) is 0 Å². The molecule has 1 fully saturated rings. The van der Waals surface area contributed by atoms with Crippen molar-refractivity contribution in [3.63, 3.8) is 0 Å². The minimum atomic E-state index is 0.0854. The Balaban J connectivity index is 1.47. The van der Waals surface area contributed by atoms with Gasteiger partial charge in [-0.15, -0.1) is 0 Å². The molecule has 0 spiro atoms. The molecule has 4 heteroatoms. The van der Waals surface area contributed by atoms with Crippen molar-refractivity contribution in [1.29, 1.82) is 0 Å². The standard InChI is InChI=1S/C23H31N3O/c1-3-19(2)21-11-7-8-12-22(21)24-23(27)18-26-15-13-25(14-16-26)17-20-9-5-4-6-10-20/h4-12,19H,3,13-18H2,1-2H3,(H,24,27)/t19-/m1/s1. The summed E-state index contributed by atoms with van der Waals surface area (Å²) in [6.07, 6.45) is 1.07. The molecule has 2 aromatic rings. The first kappa shape index (κ1) is 19.6. The van der Waals surface area contributed by atoms with Crippen LogP contribution in [-0.4, -0.2) is 48.4 Å². The van der Waals surface area contributed by atoms with Crippen LogP contribution in [0.5, 0.6) is 0 Å². The van der Waals surface area contributed by atoms with Crippen LogP contribution >= 0.6 is 0 Å². The first-order valence-electron chi connectivity index (χ1n) is 10.0. The zero-order chi connectivity index (χ0) is 19.1. The molecule has 1 aliphatic rings. The van der Waals surface area contributed by atoms with Crippen LogP contribution in [0.4, 0.5) is 5.69 Å². The Morgan fingerprint density at radius 3 is 2.30 bits per heavy atom. The molecule has 1 aliphatic heterocycles. The third-order valence-electron chi connectivity index (χ3n) is 5.46. The Morgan fingerprint density at radius 2 is 1.59 bits per heavy atom. The van der Waals surface area contributed by atoms with Crippen molar-refractivity contribution in [1.82, 2.24) is 9.80 Å². The number of rotatable bonds is 7. The lowest BCUT2D eigenvalue weighted by molar-refractivity contribution is -0.117. The van der Waals surface area contributed by atoms with Crippen molar-refractivity contribution >= 4 is 11.6 Å². The zero-order valence-corrected chi connectivity index (χ0v) is 16.5. The molecule has 1 amide bonds. The van der Waals surface area contributed by atoms with E-state index in [4.69, 9.17) is 0 Å². The van der Waals surface area contributed by atoms with Gasteiger partial charge in [0.1, 0.15) is 0 Å². The quantitative estimate of drug-likeness (QED) is 0.807. The summed E-state index contributed by atoms with van der Waals surface area (Å²) in [4.78, 5) is 17.3. The van der Waals surface area contributed by atoms with E-state index in [1.165, 1.54) is 11.1 Å². The number of nitrogens with zero attached hydrogens (tertiary/aromatic N) is 2. The maximum absolute atomic E-state index is 12.5. The van der Waals surface area contributed by atoms with Crippen molar-refractivity contribution in [2.45, 2.75) is 32.7 Å². The fourth-order valence-electron chi connectivity index (χ4n) is 3.60. The van der Waals surface area contributed by atoms with Crippen molar-refractivity contribution < 1.29 is 4.79 Å². The largest absolute Gasteiger partial charge is 0.325 e. The van der Waals surface area contributed by atoms with Gasteiger partial charge in [0.05, 0.1) is 6.54 Å². The van der Waals surface area contributed by atoms with Gasteiger partial charge in [-0.3, -0.25) is 14.6 Å². The van der Waals surface area contributed by atoms with Gasteiger partial charge < -0.3 is 5.32 Å². The predicted octanol–water partition coefficient (Wildman–Crippen LogP) is 3.96. The molecule has 0 unspecified atom stereocenters.